The number of nitrogens with one attached hydrogen (secondary N) is 2. The second-order valence-electron chi connectivity index (χ2n) is 7.00. The van der Waals surface area contributed by atoms with E-state index in [2.05, 4.69) is 29.0 Å². The van der Waals surface area contributed by atoms with Crippen LogP contribution in [-0.2, 0) is 6.54 Å². The van der Waals surface area contributed by atoms with E-state index in [1.165, 1.54) is 0 Å². The number of hydrogen-bond donors (Lipinski definition) is 3. The molecule has 0 unspecified atom stereocenters. The molecule has 3 N–H and O–H groups in total. The first kappa shape index (κ1) is 21.6. The summed E-state index contributed by atoms with van der Waals surface area (Å²) >= 11 is 0. The number of allylic oxidation sites excluding steroid dienone is 1. The lowest BCUT2D eigenvalue weighted by atomic mass is 9.89. The first-order chi connectivity index (χ1) is 14.6. The summed E-state index contributed by atoms with van der Waals surface area (Å²) in [4.78, 5) is 11.7. The second-order valence-corrected chi connectivity index (χ2v) is 7.00. The van der Waals surface area contributed by atoms with Crippen molar-refractivity contribution in [3.05, 3.63) is 48.8 Å². The normalized spacial score (nSPS) is 11.2. The molecule has 0 aliphatic rings. The highest BCUT2D eigenvalue weighted by Gasteiger charge is 2.15. The number of fused-ring (bicyclic) bond motifs is 1. The summed E-state index contributed by atoms with van der Waals surface area (Å²) < 4.78 is 2.03. The minimum absolute atomic E-state index is 0.0283. The Morgan fingerprint density at radius 2 is 2.03 bits per heavy atom. The van der Waals surface area contributed by atoms with Crippen molar-refractivity contribution in [2.75, 3.05) is 24.5 Å². The van der Waals surface area contributed by atoms with Crippen LogP contribution in [0.4, 0.5) is 5.82 Å². The molecule has 30 heavy (non-hydrogen) atoms. The van der Waals surface area contributed by atoms with Crippen LogP contribution in [0, 0.1) is 5.41 Å². The number of nitrogens with zero attached hydrogens (tertiary/aromatic N) is 4. The maximum atomic E-state index is 9.49. The molecule has 156 valence electrons. The molecule has 0 amide bonds. The van der Waals surface area contributed by atoms with Gasteiger partial charge in [-0.3, -0.25) is 0 Å². The summed E-state index contributed by atoms with van der Waals surface area (Å²) in [5.74, 6) is 1.70. The van der Waals surface area contributed by atoms with Crippen LogP contribution >= 0.6 is 0 Å². The van der Waals surface area contributed by atoms with E-state index >= 15 is 0 Å². The Kier molecular flexibility index (Phi) is 7.24. The smallest absolute Gasteiger partial charge is 0.304 e. The third kappa shape index (κ3) is 4.71. The van der Waals surface area contributed by atoms with Gasteiger partial charge in [0.15, 0.2) is 0 Å². The second kappa shape index (κ2) is 10.1. The number of benzene rings is 1. The molecule has 0 spiro atoms. The van der Waals surface area contributed by atoms with Gasteiger partial charge >= 0.3 is 7.48 Å². The van der Waals surface area contributed by atoms with Crippen LogP contribution in [0.25, 0.3) is 22.4 Å². The van der Waals surface area contributed by atoms with Crippen molar-refractivity contribution in [2.24, 2.45) is 0 Å². The molecule has 0 atom stereocenters. The van der Waals surface area contributed by atoms with Gasteiger partial charge in [0.05, 0.1) is 23.3 Å². The van der Waals surface area contributed by atoms with E-state index in [0.29, 0.717) is 12.3 Å². The van der Waals surface area contributed by atoms with Crippen LogP contribution in [-0.4, -0.2) is 52.4 Å². The molecule has 0 saturated heterocycles. The van der Waals surface area contributed by atoms with Crippen molar-refractivity contribution in [3.8, 4) is 11.4 Å². The van der Waals surface area contributed by atoms with Gasteiger partial charge in [-0.05, 0) is 57.3 Å². The summed E-state index contributed by atoms with van der Waals surface area (Å²) in [6.45, 7) is 9.26. The summed E-state index contributed by atoms with van der Waals surface area (Å²) in [6.07, 6.45) is 5.41. The maximum Gasteiger partial charge on any atom is 0.304 e. The molecule has 0 bridgehead atoms. The van der Waals surface area contributed by atoms with Crippen molar-refractivity contribution >= 4 is 35.5 Å². The molecule has 0 saturated carbocycles. The Bertz CT molecular complexity index is 1020. The molecule has 0 radical (unpaired) electrons. The zero-order valence-corrected chi connectivity index (χ0v) is 17.9. The van der Waals surface area contributed by atoms with Crippen molar-refractivity contribution in [1.82, 2.24) is 19.9 Å². The Balaban J connectivity index is 2.02. The number of imidazole rings is 1. The molecule has 8 heteroatoms. The van der Waals surface area contributed by atoms with Crippen LogP contribution < -0.4 is 15.7 Å². The number of rotatable bonds is 10. The van der Waals surface area contributed by atoms with E-state index in [9.17, 15) is 5.02 Å². The molecule has 0 fully saturated rings. The monoisotopic (exact) mass is 404 g/mol. The van der Waals surface area contributed by atoms with Gasteiger partial charge in [-0.25, -0.2) is 9.97 Å². The largest absolute Gasteiger partial charge is 0.449 e. The van der Waals surface area contributed by atoms with Crippen molar-refractivity contribution < 1.29 is 5.02 Å². The predicted molar refractivity (Wildman–Crippen MR) is 126 cm³/mol. The Morgan fingerprint density at radius 1 is 1.23 bits per heavy atom. The fraction of sp³-hybridized carbons (Fsp3) is 0.318. The van der Waals surface area contributed by atoms with E-state index in [1.807, 2.05) is 48.0 Å². The highest BCUT2D eigenvalue weighted by atomic mass is 16.2. The molecule has 3 aromatic rings. The van der Waals surface area contributed by atoms with E-state index in [1.54, 1.807) is 12.3 Å². The zero-order chi connectivity index (χ0) is 21.5. The molecular weight excluding hydrogens is 375 g/mol. The van der Waals surface area contributed by atoms with Gasteiger partial charge in [0.2, 0.25) is 0 Å². The van der Waals surface area contributed by atoms with E-state index < -0.39 is 0 Å². The molecule has 2 aromatic heterocycles. The van der Waals surface area contributed by atoms with Crippen LogP contribution in [0.2, 0.25) is 0 Å². The molecule has 3 rings (SSSR count). The quantitative estimate of drug-likeness (QED) is 0.356. The van der Waals surface area contributed by atoms with Gasteiger partial charge < -0.3 is 25.2 Å². The number of pyridine rings is 1. The topological polar surface area (TPSA) is 90.1 Å². The van der Waals surface area contributed by atoms with Gasteiger partial charge in [-0.1, -0.05) is 11.5 Å². The maximum absolute atomic E-state index is 9.49. The molecule has 7 nitrogen and oxygen atoms in total. The van der Waals surface area contributed by atoms with Crippen LogP contribution in [0.1, 0.15) is 20.8 Å². The summed E-state index contributed by atoms with van der Waals surface area (Å²) in [5.41, 5.74) is 3.91. The Morgan fingerprint density at radius 3 is 2.67 bits per heavy atom. The number of anilines is 1. The first-order valence-electron chi connectivity index (χ1n) is 10.4. The van der Waals surface area contributed by atoms with Gasteiger partial charge in [0, 0.05) is 31.4 Å². The number of hydrogen-bond acceptors (Lipinski definition) is 6. The zero-order valence-electron chi connectivity index (χ0n) is 17.9. The minimum atomic E-state index is -0.0283. The average Bonchev–Trinajstić information content (AvgIpc) is 3.12. The highest BCUT2D eigenvalue weighted by Crippen LogP contribution is 2.25. The molecule has 0 aliphatic heterocycles. The summed E-state index contributed by atoms with van der Waals surface area (Å²) in [7, 11) is -0.0283. The van der Waals surface area contributed by atoms with Gasteiger partial charge in [-0.15, -0.1) is 0 Å². The summed E-state index contributed by atoms with van der Waals surface area (Å²) in [5, 5.41) is 20.9. The van der Waals surface area contributed by atoms with Crippen molar-refractivity contribution in [3.63, 3.8) is 0 Å². The fourth-order valence-electron chi connectivity index (χ4n) is 3.41. The standard InChI is InChI=1S/C22H29BN6O/c1-4-25-12-11-18(24)15-29-20-9-8-17(23-30)13-19(20)27-22(29)16-7-10-21(26-14-16)28(5-2)6-3/h7-14,23-25,30H,4-6,15H2,1-3H3/b12-11-,24-18?. The predicted octanol–water partition coefficient (Wildman–Crippen LogP) is 2.06. The van der Waals surface area contributed by atoms with Crippen LogP contribution in [0.5, 0.6) is 0 Å². The molecule has 1 aromatic carbocycles. The number of aromatic nitrogens is 3. The first-order valence-corrected chi connectivity index (χ1v) is 10.4. The third-order valence-electron chi connectivity index (χ3n) is 5.02. The third-order valence-corrected chi connectivity index (χ3v) is 5.02. The Hall–Kier alpha value is -3.13. The lowest BCUT2D eigenvalue weighted by molar-refractivity contribution is 0.615. The Labute approximate surface area is 178 Å². The lowest BCUT2D eigenvalue weighted by Crippen LogP contribution is -2.22. The SMILES string of the molecule is CCN/C=C\C(=N)Cn1c(-c2ccc(N(CC)CC)nc2)nc2cc(BO)ccc21. The van der Waals surface area contributed by atoms with Gasteiger partial charge in [0.1, 0.15) is 11.6 Å². The van der Waals surface area contributed by atoms with Gasteiger partial charge in [0.25, 0.3) is 0 Å². The van der Waals surface area contributed by atoms with E-state index in [-0.39, 0.29) is 7.48 Å². The molecule has 2 heterocycles. The average molecular weight is 404 g/mol. The van der Waals surface area contributed by atoms with E-state index in [4.69, 9.17) is 10.4 Å². The van der Waals surface area contributed by atoms with Crippen LogP contribution in [0.3, 0.4) is 0 Å². The van der Waals surface area contributed by atoms with E-state index in [0.717, 1.165) is 53.3 Å². The molecule has 0 aliphatic carbocycles. The minimum Gasteiger partial charge on any atom is -0.449 e. The highest BCUT2D eigenvalue weighted by molar-refractivity contribution is 6.45. The van der Waals surface area contributed by atoms with Crippen molar-refractivity contribution in [1.29, 1.82) is 5.41 Å². The van der Waals surface area contributed by atoms with Crippen molar-refractivity contribution in [2.45, 2.75) is 27.3 Å². The molecular formula is C22H29BN6O. The van der Waals surface area contributed by atoms with Gasteiger partial charge in [-0.2, -0.15) is 0 Å². The summed E-state index contributed by atoms with van der Waals surface area (Å²) in [6, 6.07) is 9.79. The lowest BCUT2D eigenvalue weighted by Gasteiger charge is -2.19. The fourth-order valence-corrected chi connectivity index (χ4v) is 3.41. The van der Waals surface area contributed by atoms with Crippen LogP contribution in [0.15, 0.2) is 48.8 Å².